The van der Waals surface area contributed by atoms with Crippen molar-refractivity contribution in [1.82, 2.24) is 19.7 Å². The number of aromatic nitrogens is 4. The van der Waals surface area contributed by atoms with Crippen LogP contribution >= 0.6 is 0 Å². The van der Waals surface area contributed by atoms with Gasteiger partial charge in [0, 0.05) is 12.4 Å². The predicted octanol–water partition coefficient (Wildman–Crippen LogP) is 1.77. The molecule has 3 aromatic rings. The highest BCUT2D eigenvalue weighted by Gasteiger charge is 2.20. The monoisotopic (exact) mass is 297 g/mol. The van der Waals surface area contributed by atoms with Crippen LogP contribution in [0.4, 0.5) is 16.2 Å². The normalized spacial score (nSPS) is 10.4. The van der Waals surface area contributed by atoms with E-state index in [0.29, 0.717) is 5.69 Å². The molecular formula is C14H11N5O3. The van der Waals surface area contributed by atoms with Crippen LogP contribution in [0.25, 0.3) is 5.95 Å². The van der Waals surface area contributed by atoms with Crippen LogP contribution in [0.1, 0.15) is 0 Å². The third-order valence-corrected chi connectivity index (χ3v) is 2.94. The van der Waals surface area contributed by atoms with Gasteiger partial charge in [-0.15, -0.1) is 0 Å². The Labute approximate surface area is 124 Å². The van der Waals surface area contributed by atoms with Gasteiger partial charge in [0.05, 0.1) is 11.9 Å². The molecule has 0 bridgehead atoms. The van der Waals surface area contributed by atoms with Gasteiger partial charge in [-0.3, -0.25) is 9.78 Å². The van der Waals surface area contributed by atoms with Gasteiger partial charge in [-0.2, -0.15) is 5.10 Å². The lowest BCUT2D eigenvalue weighted by molar-refractivity contribution is 0.204. The average Bonchev–Trinajstić information content (AvgIpc) is 3.04. The van der Waals surface area contributed by atoms with E-state index >= 15 is 0 Å². The molecule has 0 atom stereocenters. The number of H-pyrrole nitrogens is 1. The molecule has 0 aliphatic heterocycles. The second-order valence-electron chi connectivity index (χ2n) is 4.33. The summed E-state index contributed by atoms with van der Waals surface area (Å²) in [6.45, 7) is 0. The zero-order valence-electron chi connectivity index (χ0n) is 11.2. The summed E-state index contributed by atoms with van der Waals surface area (Å²) < 4.78 is 1.37. The van der Waals surface area contributed by atoms with Gasteiger partial charge in [-0.25, -0.2) is 19.4 Å². The molecule has 8 heteroatoms. The van der Waals surface area contributed by atoms with Gasteiger partial charge < -0.3 is 5.11 Å². The highest BCUT2D eigenvalue weighted by Crippen LogP contribution is 2.21. The van der Waals surface area contributed by atoms with E-state index in [1.807, 2.05) is 0 Å². The number of nitrogens with zero attached hydrogens (tertiary/aromatic N) is 4. The Kier molecular flexibility index (Phi) is 3.40. The van der Waals surface area contributed by atoms with E-state index in [-0.39, 0.29) is 11.6 Å². The van der Waals surface area contributed by atoms with Crippen LogP contribution in [-0.2, 0) is 0 Å². The molecule has 0 saturated heterocycles. The van der Waals surface area contributed by atoms with E-state index < -0.39 is 11.7 Å². The summed E-state index contributed by atoms with van der Waals surface area (Å²) in [4.78, 5) is 31.1. The first-order valence-electron chi connectivity index (χ1n) is 6.34. The van der Waals surface area contributed by atoms with Crippen molar-refractivity contribution >= 4 is 17.5 Å². The molecule has 0 radical (unpaired) electrons. The molecular weight excluding hydrogens is 286 g/mol. The van der Waals surface area contributed by atoms with Crippen molar-refractivity contribution in [3.8, 4) is 5.95 Å². The number of hydrogen-bond acceptors (Lipinski definition) is 4. The number of benzene rings is 1. The predicted molar refractivity (Wildman–Crippen MR) is 78.6 cm³/mol. The SMILES string of the molecule is O=C(O)N(c1ccccc1)c1cnc(-n2cccn2)[nH]c1=O. The Bertz CT molecular complexity index is 842. The fraction of sp³-hybridized carbons (Fsp3) is 0. The lowest BCUT2D eigenvalue weighted by Crippen LogP contribution is -2.30. The van der Waals surface area contributed by atoms with E-state index in [9.17, 15) is 14.7 Å². The standard InChI is InChI=1S/C14H11N5O3/c20-12-11(9-15-13(17-12)18-8-4-7-16-18)19(14(21)22)10-5-2-1-3-6-10/h1-9H,(H,21,22)(H,15,17,20). The van der Waals surface area contributed by atoms with Crippen LogP contribution in [-0.4, -0.2) is 30.9 Å². The van der Waals surface area contributed by atoms with Crippen LogP contribution in [0.3, 0.4) is 0 Å². The van der Waals surface area contributed by atoms with Crippen LogP contribution in [0.2, 0.25) is 0 Å². The molecule has 2 aromatic heterocycles. The number of aromatic amines is 1. The molecule has 0 unspecified atom stereocenters. The third-order valence-electron chi connectivity index (χ3n) is 2.94. The number of para-hydroxylation sites is 1. The van der Waals surface area contributed by atoms with Crippen molar-refractivity contribution in [2.45, 2.75) is 0 Å². The number of carbonyl (C=O) groups is 1. The van der Waals surface area contributed by atoms with Crippen molar-refractivity contribution in [2.75, 3.05) is 4.90 Å². The first kappa shape index (κ1) is 13.6. The summed E-state index contributed by atoms with van der Waals surface area (Å²) in [5, 5.41) is 13.3. The topological polar surface area (TPSA) is 104 Å². The van der Waals surface area contributed by atoms with Crippen molar-refractivity contribution in [1.29, 1.82) is 0 Å². The molecule has 0 fully saturated rings. The minimum atomic E-state index is -1.27. The largest absolute Gasteiger partial charge is 0.464 e. The molecule has 0 spiro atoms. The maximum absolute atomic E-state index is 12.2. The van der Waals surface area contributed by atoms with Gasteiger partial charge in [0.25, 0.3) is 5.56 Å². The van der Waals surface area contributed by atoms with Gasteiger partial charge in [0.15, 0.2) is 0 Å². The molecule has 0 saturated carbocycles. The minimum absolute atomic E-state index is 0.0883. The molecule has 1 aromatic carbocycles. The lowest BCUT2D eigenvalue weighted by atomic mass is 10.3. The van der Waals surface area contributed by atoms with E-state index in [4.69, 9.17) is 0 Å². The molecule has 0 aliphatic carbocycles. The molecule has 1 amide bonds. The van der Waals surface area contributed by atoms with E-state index in [1.165, 1.54) is 10.9 Å². The molecule has 2 N–H and O–H groups in total. The third kappa shape index (κ3) is 2.44. The first-order chi connectivity index (χ1) is 10.7. The summed E-state index contributed by atoms with van der Waals surface area (Å²) in [5.41, 5.74) is -0.310. The van der Waals surface area contributed by atoms with Crippen molar-refractivity contribution in [3.05, 3.63) is 65.3 Å². The molecule has 3 rings (SSSR count). The molecule has 8 nitrogen and oxygen atoms in total. The zero-order chi connectivity index (χ0) is 15.5. The number of rotatable bonds is 3. The Morgan fingerprint density at radius 1 is 1.23 bits per heavy atom. The Morgan fingerprint density at radius 3 is 2.59 bits per heavy atom. The van der Waals surface area contributed by atoms with Gasteiger partial charge in [-0.05, 0) is 18.2 Å². The number of hydrogen-bond donors (Lipinski definition) is 2. The molecule has 110 valence electrons. The van der Waals surface area contributed by atoms with E-state index in [0.717, 1.165) is 4.90 Å². The van der Waals surface area contributed by atoms with Gasteiger partial charge >= 0.3 is 6.09 Å². The molecule has 0 aliphatic rings. The Balaban J connectivity index is 2.07. The van der Waals surface area contributed by atoms with Crippen LogP contribution < -0.4 is 10.5 Å². The smallest absolute Gasteiger partial charge is 0.416 e. The van der Waals surface area contributed by atoms with E-state index in [2.05, 4.69) is 15.1 Å². The second kappa shape index (κ2) is 5.52. The maximum Gasteiger partial charge on any atom is 0.416 e. The van der Waals surface area contributed by atoms with Gasteiger partial charge in [-0.1, -0.05) is 18.2 Å². The fourth-order valence-corrected chi connectivity index (χ4v) is 1.98. The molecule has 2 heterocycles. The minimum Gasteiger partial charge on any atom is -0.464 e. The summed E-state index contributed by atoms with van der Waals surface area (Å²) in [7, 11) is 0. The maximum atomic E-state index is 12.2. The lowest BCUT2D eigenvalue weighted by Gasteiger charge is -2.18. The number of carboxylic acid groups (broad SMARTS) is 1. The first-order valence-corrected chi connectivity index (χ1v) is 6.34. The van der Waals surface area contributed by atoms with Gasteiger partial charge in [0.2, 0.25) is 5.95 Å². The fourth-order valence-electron chi connectivity index (χ4n) is 1.98. The highest BCUT2D eigenvalue weighted by atomic mass is 16.4. The number of nitrogens with one attached hydrogen (secondary N) is 1. The second-order valence-corrected chi connectivity index (χ2v) is 4.33. The summed E-state index contributed by atoms with van der Waals surface area (Å²) in [6.07, 6.45) is 3.09. The quantitative estimate of drug-likeness (QED) is 0.766. The van der Waals surface area contributed by atoms with E-state index in [1.54, 1.807) is 48.8 Å². The van der Waals surface area contributed by atoms with Gasteiger partial charge in [0.1, 0.15) is 5.69 Å². The highest BCUT2D eigenvalue weighted by molar-refractivity contribution is 5.94. The molecule has 22 heavy (non-hydrogen) atoms. The average molecular weight is 297 g/mol. The summed E-state index contributed by atoms with van der Waals surface area (Å²) in [5.74, 6) is 0.206. The summed E-state index contributed by atoms with van der Waals surface area (Å²) in [6, 6.07) is 9.99. The van der Waals surface area contributed by atoms with Crippen LogP contribution in [0, 0.1) is 0 Å². The van der Waals surface area contributed by atoms with Crippen molar-refractivity contribution in [2.24, 2.45) is 0 Å². The Morgan fingerprint density at radius 2 is 2.00 bits per heavy atom. The van der Waals surface area contributed by atoms with Crippen LogP contribution in [0.5, 0.6) is 0 Å². The van der Waals surface area contributed by atoms with Crippen molar-refractivity contribution in [3.63, 3.8) is 0 Å². The zero-order valence-corrected chi connectivity index (χ0v) is 11.2. The number of amides is 1. The summed E-state index contributed by atoms with van der Waals surface area (Å²) >= 11 is 0. The Hall–Kier alpha value is -3.42. The van der Waals surface area contributed by atoms with Crippen LogP contribution in [0.15, 0.2) is 59.8 Å². The van der Waals surface area contributed by atoms with Crippen molar-refractivity contribution < 1.29 is 9.90 Å². The number of anilines is 2.